The summed E-state index contributed by atoms with van der Waals surface area (Å²) in [6.45, 7) is 3.37. The predicted octanol–water partition coefficient (Wildman–Crippen LogP) is 0.929. The first kappa shape index (κ1) is 13.5. The van der Waals surface area contributed by atoms with Crippen LogP contribution in [0, 0.1) is 0 Å². The molecule has 0 heterocycles. The van der Waals surface area contributed by atoms with Crippen LogP contribution < -0.4 is 0 Å². The van der Waals surface area contributed by atoms with Crippen LogP contribution in [0.25, 0.3) is 0 Å². The fourth-order valence-corrected chi connectivity index (χ4v) is 1.69. The van der Waals surface area contributed by atoms with Crippen molar-refractivity contribution in [1.82, 2.24) is 0 Å². The minimum absolute atomic E-state index is 0. The number of benzene rings is 1. The monoisotopic (exact) mass is 206 g/mol. The van der Waals surface area contributed by atoms with Crippen molar-refractivity contribution >= 4 is 29.0 Å². The Kier molecular flexibility index (Phi) is 5.82. The van der Waals surface area contributed by atoms with Crippen molar-refractivity contribution in [1.29, 1.82) is 0 Å². The molecule has 3 nitrogen and oxygen atoms in total. The number of rotatable bonds is 4. The van der Waals surface area contributed by atoms with Gasteiger partial charge in [0.05, 0.1) is 11.5 Å². The Labute approximate surface area is 96.1 Å². The molecule has 0 aliphatic heterocycles. The van der Waals surface area contributed by atoms with E-state index in [2.05, 4.69) is 10.8 Å². The Hall–Kier alpha value is -0.533. The predicted molar refractivity (Wildman–Crippen MR) is 56.9 cm³/mol. The molecule has 0 amide bonds. The van der Waals surface area contributed by atoms with Crippen molar-refractivity contribution in [3.63, 3.8) is 0 Å². The molecule has 1 rings (SSSR count). The van der Waals surface area contributed by atoms with E-state index in [4.69, 9.17) is 0 Å². The first-order chi connectivity index (χ1) is 6.17. The van der Waals surface area contributed by atoms with Crippen LogP contribution >= 0.6 is 0 Å². The van der Waals surface area contributed by atoms with Gasteiger partial charge in [-0.3, -0.25) is 4.18 Å². The van der Waals surface area contributed by atoms with Gasteiger partial charge in [-0.1, -0.05) is 24.3 Å². The first-order valence-electron chi connectivity index (χ1n) is 3.72. The van der Waals surface area contributed by atoms with Gasteiger partial charge in [0.2, 0.25) is 0 Å². The molecule has 0 unspecified atom stereocenters. The van der Waals surface area contributed by atoms with Crippen molar-refractivity contribution in [2.45, 2.75) is 4.90 Å². The van der Waals surface area contributed by atoms with Gasteiger partial charge in [0.25, 0.3) is 10.1 Å². The van der Waals surface area contributed by atoms with Crippen LogP contribution in [0.5, 0.6) is 0 Å². The SMILES string of the molecule is C=CCOS(=O)(=O)c1ccccc1.[LiH]. The van der Waals surface area contributed by atoms with E-state index in [-0.39, 0.29) is 30.4 Å². The Morgan fingerprint density at radius 1 is 1.29 bits per heavy atom. The van der Waals surface area contributed by atoms with E-state index in [1.807, 2.05) is 0 Å². The molecule has 5 heteroatoms. The maximum atomic E-state index is 11.3. The van der Waals surface area contributed by atoms with Crippen LogP contribution in [0.4, 0.5) is 0 Å². The van der Waals surface area contributed by atoms with Crippen molar-refractivity contribution in [3.8, 4) is 0 Å². The minimum atomic E-state index is -3.59. The molecule has 1 aromatic rings. The number of hydrogen-bond acceptors (Lipinski definition) is 3. The fourth-order valence-electron chi connectivity index (χ4n) is 0.793. The molecule has 0 bridgehead atoms. The molecule has 0 saturated heterocycles. The summed E-state index contributed by atoms with van der Waals surface area (Å²) < 4.78 is 27.3. The van der Waals surface area contributed by atoms with E-state index in [0.29, 0.717) is 0 Å². The normalized spacial score (nSPS) is 10.3. The molecule has 0 fully saturated rings. The Balaban J connectivity index is 0.00000169. The van der Waals surface area contributed by atoms with E-state index < -0.39 is 10.1 Å². The molecular formula is C9H11LiO3S. The zero-order chi connectivity index (χ0) is 9.73. The zero-order valence-corrected chi connectivity index (χ0v) is 7.83. The van der Waals surface area contributed by atoms with Gasteiger partial charge in [-0.2, -0.15) is 8.42 Å². The van der Waals surface area contributed by atoms with Crippen molar-refractivity contribution in [2.75, 3.05) is 6.61 Å². The number of hydrogen-bond donors (Lipinski definition) is 0. The molecule has 0 aliphatic rings. The molecule has 72 valence electrons. The van der Waals surface area contributed by atoms with Gasteiger partial charge in [-0.05, 0) is 12.1 Å². The maximum absolute atomic E-state index is 11.3. The standard InChI is InChI=1S/C9H10O3S.Li.H/c1-2-8-12-13(10,11)9-6-4-3-5-7-9;;/h2-7H,1,8H2;;. The van der Waals surface area contributed by atoms with Crippen LogP contribution in [-0.2, 0) is 14.3 Å². The first-order valence-corrected chi connectivity index (χ1v) is 5.13. The van der Waals surface area contributed by atoms with E-state index in [1.54, 1.807) is 18.2 Å². The summed E-state index contributed by atoms with van der Waals surface area (Å²) >= 11 is 0. The second kappa shape index (κ2) is 6.05. The average Bonchev–Trinajstić information content (AvgIpc) is 2.16. The Morgan fingerprint density at radius 3 is 2.36 bits per heavy atom. The molecule has 0 atom stereocenters. The topological polar surface area (TPSA) is 43.4 Å². The second-order valence-electron chi connectivity index (χ2n) is 2.34. The molecule has 1 aromatic carbocycles. The molecular weight excluding hydrogens is 195 g/mol. The van der Waals surface area contributed by atoms with Crippen LogP contribution in [0.2, 0.25) is 0 Å². The molecule has 14 heavy (non-hydrogen) atoms. The zero-order valence-electron chi connectivity index (χ0n) is 7.01. The fraction of sp³-hybridized carbons (Fsp3) is 0.111. The van der Waals surface area contributed by atoms with Crippen LogP contribution in [-0.4, -0.2) is 33.9 Å². The molecule has 0 saturated carbocycles. The molecule has 0 aromatic heterocycles. The van der Waals surface area contributed by atoms with Gasteiger partial charge in [0, 0.05) is 0 Å². The van der Waals surface area contributed by atoms with E-state index in [0.717, 1.165) is 0 Å². The third-order valence-corrected chi connectivity index (χ3v) is 2.67. The van der Waals surface area contributed by atoms with Gasteiger partial charge in [-0.25, -0.2) is 0 Å². The Bertz CT molecular complexity index is 372. The van der Waals surface area contributed by atoms with Gasteiger partial charge >= 0.3 is 18.9 Å². The van der Waals surface area contributed by atoms with E-state index >= 15 is 0 Å². The molecule has 0 aliphatic carbocycles. The summed E-state index contributed by atoms with van der Waals surface area (Å²) in [6, 6.07) is 8.00. The quantitative estimate of drug-likeness (QED) is 0.418. The van der Waals surface area contributed by atoms with E-state index in [1.165, 1.54) is 18.2 Å². The third-order valence-electron chi connectivity index (χ3n) is 1.37. The van der Waals surface area contributed by atoms with Gasteiger partial charge < -0.3 is 0 Å². The van der Waals surface area contributed by atoms with Crippen molar-refractivity contribution < 1.29 is 12.6 Å². The molecule has 0 spiro atoms. The second-order valence-corrected chi connectivity index (χ2v) is 3.96. The van der Waals surface area contributed by atoms with Gasteiger partial charge in [-0.15, -0.1) is 6.58 Å². The summed E-state index contributed by atoms with van der Waals surface area (Å²) in [4.78, 5) is 0.164. The summed E-state index contributed by atoms with van der Waals surface area (Å²) in [5, 5.41) is 0. The van der Waals surface area contributed by atoms with Crippen LogP contribution in [0.1, 0.15) is 0 Å². The van der Waals surface area contributed by atoms with Gasteiger partial charge in [0.15, 0.2) is 0 Å². The molecule has 0 radical (unpaired) electrons. The van der Waals surface area contributed by atoms with Crippen molar-refractivity contribution in [2.24, 2.45) is 0 Å². The summed E-state index contributed by atoms with van der Waals surface area (Å²) in [5.41, 5.74) is 0. The summed E-state index contributed by atoms with van der Waals surface area (Å²) in [5.74, 6) is 0. The summed E-state index contributed by atoms with van der Waals surface area (Å²) in [6.07, 6.45) is 1.39. The van der Waals surface area contributed by atoms with Gasteiger partial charge in [0.1, 0.15) is 0 Å². The van der Waals surface area contributed by atoms with Crippen LogP contribution in [0.3, 0.4) is 0 Å². The average molecular weight is 206 g/mol. The third kappa shape index (κ3) is 3.68. The summed E-state index contributed by atoms with van der Waals surface area (Å²) in [7, 11) is -3.59. The molecule has 0 N–H and O–H groups in total. The van der Waals surface area contributed by atoms with Crippen molar-refractivity contribution in [3.05, 3.63) is 43.0 Å². The Morgan fingerprint density at radius 2 is 1.86 bits per heavy atom. The van der Waals surface area contributed by atoms with Crippen LogP contribution in [0.15, 0.2) is 47.9 Å². The van der Waals surface area contributed by atoms with E-state index in [9.17, 15) is 8.42 Å².